The van der Waals surface area contributed by atoms with Gasteiger partial charge in [0.25, 0.3) is 0 Å². The average Bonchev–Trinajstić information content (AvgIpc) is 3.33. The molecular weight excluding hydrogens is 456 g/mol. The van der Waals surface area contributed by atoms with E-state index in [0.717, 1.165) is 45.7 Å². The normalized spacial score (nSPS) is 15.0. The quantitative estimate of drug-likeness (QED) is 0.352. The first-order valence-electron chi connectivity index (χ1n) is 9.33. The molecule has 0 aliphatic carbocycles. The second-order valence-corrected chi connectivity index (χ2v) is 9.43. The van der Waals surface area contributed by atoms with Gasteiger partial charge in [0.1, 0.15) is 0 Å². The summed E-state index contributed by atoms with van der Waals surface area (Å²) >= 11 is 6.35. The van der Waals surface area contributed by atoms with Crippen LogP contribution >= 0.6 is 39.0 Å². The van der Waals surface area contributed by atoms with Gasteiger partial charge in [0.15, 0.2) is 16.8 Å². The number of rotatable bonds is 7. The first-order chi connectivity index (χ1) is 13.7. The number of piperidine rings is 1. The first-order valence-corrected chi connectivity index (χ1v) is 12.0. The first kappa shape index (κ1) is 19.8. The zero-order chi connectivity index (χ0) is 19.3. The van der Waals surface area contributed by atoms with Gasteiger partial charge in [-0.3, -0.25) is 14.3 Å². The van der Waals surface area contributed by atoms with Gasteiger partial charge in [0, 0.05) is 10.2 Å². The number of para-hydroxylation sites is 1. The maximum absolute atomic E-state index is 12.6. The van der Waals surface area contributed by atoms with Crippen LogP contribution in [0.25, 0.3) is 5.69 Å². The third-order valence-electron chi connectivity index (χ3n) is 4.73. The van der Waals surface area contributed by atoms with Gasteiger partial charge < -0.3 is 0 Å². The van der Waals surface area contributed by atoms with Crippen molar-refractivity contribution in [3.63, 3.8) is 0 Å². The molecule has 4 rings (SSSR count). The molecular formula is C20H21BrN4OS2. The molecule has 1 aliphatic rings. The Balaban J connectivity index is 1.56. The standard InChI is InChI=1S/C20H21BrN4OS2/c21-16-9-12-27-19(16)17(26)14-28-20-23-22-18(13-24-10-5-2-6-11-24)25(20)15-7-3-1-4-8-15/h1,3-4,7-9,12H,2,5-6,10-11,13-14H2. The Morgan fingerprint density at radius 2 is 1.89 bits per heavy atom. The van der Waals surface area contributed by atoms with Crippen LogP contribution < -0.4 is 0 Å². The van der Waals surface area contributed by atoms with Crippen LogP contribution in [-0.4, -0.2) is 44.3 Å². The lowest BCUT2D eigenvalue weighted by molar-refractivity contribution is 0.102. The Morgan fingerprint density at radius 3 is 2.61 bits per heavy atom. The predicted octanol–water partition coefficient (Wildman–Crippen LogP) is 5.05. The molecule has 0 radical (unpaired) electrons. The number of Topliss-reactive ketones (excluding diaryl/α,β-unsaturated/α-hetero) is 1. The molecule has 146 valence electrons. The molecule has 1 aliphatic heterocycles. The maximum Gasteiger partial charge on any atom is 0.196 e. The summed E-state index contributed by atoms with van der Waals surface area (Å²) in [6.45, 7) is 3.00. The molecule has 1 saturated heterocycles. The van der Waals surface area contributed by atoms with E-state index < -0.39 is 0 Å². The topological polar surface area (TPSA) is 51.0 Å². The summed E-state index contributed by atoms with van der Waals surface area (Å²) in [5.74, 6) is 1.38. The summed E-state index contributed by atoms with van der Waals surface area (Å²) in [5, 5.41) is 11.6. The Morgan fingerprint density at radius 1 is 1.11 bits per heavy atom. The summed E-state index contributed by atoms with van der Waals surface area (Å²) in [7, 11) is 0. The number of carbonyl (C=O) groups is 1. The van der Waals surface area contributed by atoms with Crippen molar-refractivity contribution < 1.29 is 4.79 Å². The molecule has 0 N–H and O–H groups in total. The van der Waals surface area contributed by atoms with Crippen molar-refractivity contribution in [3.8, 4) is 5.69 Å². The van der Waals surface area contributed by atoms with Crippen LogP contribution in [0.4, 0.5) is 0 Å². The van der Waals surface area contributed by atoms with Crippen LogP contribution in [0.5, 0.6) is 0 Å². The largest absolute Gasteiger partial charge is 0.296 e. The SMILES string of the molecule is O=C(CSc1nnc(CN2CCCCC2)n1-c1ccccc1)c1sccc1Br. The number of thioether (sulfide) groups is 1. The van der Waals surface area contributed by atoms with Gasteiger partial charge in [0.05, 0.1) is 17.2 Å². The third-order valence-corrected chi connectivity index (χ3v) is 7.54. The van der Waals surface area contributed by atoms with Crippen LogP contribution in [0.1, 0.15) is 34.8 Å². The van der Waals surface area contributed by atoms with Crippen molar-refractivity contribution in [1.29, 1.82) is 0 Å². The van der Waals surface area contributed by atoms with E-state index in [1.165, 1.54) is 42.4 Å². The van der Waals surface area contributed by atoms with E-state index in [0.29, 0.717) is 5.75 Å². The Kier molecular flexibility index (Phi) is 6.61. The highest BCUT2D eigenvalue weighted by atomic mass is 79.9. The van der Waals surface area contributed by atoms with Crippen molar-refractivity contribution in [2.24, 2.45) is 0 Å². The molecule has 0 spiro atoms. The number of benzene rings is 1. The number of carbonyl (C=O) groups excluding carboxylic acids is 1. The van der Waals surface area contributed by atoms with Crippen molar-refractivity contribution >= 4 is 44.8 Å². The molecule has 0 amide bonds. The average molecular weight is 477 g/mol. The molecule has 3 aromatic rings. The molecule has 3 heterocycles. The molecule has 0 bridgehead atoms. The summed E-state index contributed by atoms with van der Waals surface area (Å²) in [6.07, 6.45) is 3.79. The summed E-state index contributed by atoms with van der Waals surface area (Å²) in [6, 6.07) is 12.1. The number of hydrogen-bond acceptors (Lipinski definition) is 6. The lowest BCUT2D eigenvalue weighted by atomic mass is 10.1. The minimum Gasteiger partial charge on any atom is -0.296 e. The molecule has 2 aromatic heterocycles. The Bertz CT molecular complexity index is 935. The van der Waals surface area contributed by atoms with Crippen molar-refractivity contribution in [2.45, 2.75) is 31.0 Å². The number of nitrogens with zero attached hydrogens (tertiary/aromatic N) is 4. The van der Waals surface area contributed by atoms with Gasteiger partial charge >= 0.3 is 0 Å². The number of likely N-dealkylation sites (tertiary alicyclic amines) is 1. The fraction of sp³-hybridized carbons (Fsp3) is 0.350. The number of ketones is 1. The lowest BCUT2D eigenvalue weighted by Crippen LogP contribution is -2.30. The van der Waals surface area contributed by atoms with Crippen LogP contribution in [0.15, 0.2) is 51.4 Å². The van der Waals surface area contributed by atoms with Gasteiger partial charge in [-0.15, -0.1) is 21.5 Å². The number of aromatic nitrogens is 3. The van der Waals surface area contributed by atoms with Crippen molar-refractivity contribution in [3.05, 3.63) is 57.0 Å². The van der Waals surface area contributed by atoms with E-state index in [1.54, 1.807) is 0 Å². The van der Waals surface area contributed by atoms with Crippen LogP contribution in [0.3, 0.4) is 0 Å². The fourth-order valence-electron chi connectivity index (χ4n) is 3.34. The second kappa shape index (κ2) is 9.35. The van der Waals surface area contributed by atoms with Crippen LogP contribution in [-0.2, 0) is 6.54 Å². The van der Waals surface area contributed by atoms with Crippen LogP contribution in [0, 0.1) is 0 Å². The summed E-state index contributed by atoms with van der Waals surface area (Å²) < 4.78 is 2.95. The second-order valence-electron chi connectivity index (χ2n) is 6.72. The number of hydrogen-bond donors (Lipinski definition) is 0. The van der Waals surface area contributed by atoms with Gasteiger partial charge in [0.2, 0.25) is 0 Å². The molecule has 0 saturated carbocycles. The van der Waals surface area contributed by atoms with Crippen molar-refractivity contribution in [2.75, 3.05) is 18.8 Å². The van der Waals surface area contributed by atoms with E-state index in [2.05, 4.69) is 47.7 Å². The van der Waals surface area contributed by atoms with Crippen molar-refractivity contribution in [1.82, 2.24) is 19.7 Å². The van der Waals surface area contributed by atoms with E-state index in [9.17, 15) is 4.79 Å². The minimum absolute atomic E-state index is 0.104. The molecule has 28 heavy (non-hydrogen) atoms. The summed E-state index contributed by atoms with van der Waals surface area (Å²) in [4.78, 5) is 15.8. The van der Waals surface area contributed by atoms with Gasteiger partial charge in [-0.25, -0.2) is 0 Å². The maximum atomic E-state index is 12.6. The number of halogens is 1. The Hall–Kier alpha value is -1.48. The molecule has 8 heteroatoms. The highest BCUT2D eigenvalue weighted by Crippen LogP contribution is 2.28. The predicted molar refractivity (Wildman–Crippen MR) is 118 cm³/mol. The van der Waals surface area contributed by atoms with Gasteiger partial charge in [-0.1, -0.05) is 36.4 Å². The Labute approximate surface area is 181 Å². The van der Waals surface area contributed by atoms with E-state index in [1.807, 2.05) is 29.6 Å². The molecule has 1 fully saturated rings. The third kappa shape index (κ3) is 4.56. The van der Waals surface area contributed by atoms with E-state index >= 15 is 0 Å². The number of thiophene rings is 1. The molecule has 0 atom stereocenters. The zero-order valence-electron chi connectivity index (χ0n) is 15.4. The van der Waals surface area contributed by atoms with E-state index in [-0.39, 0.29) is 5.78 Å². The fourth-order valence-corrected chi connectivity index (χ4v) is 5.81. The molecule has 1 aromatic carbocycles. The highest BCUT2D eigenvalue weighted by Gasteiger charge is 2.20. The van der Waals surface area contributed by atoms with Crippen LogP contribution in [0.2, 0.25) is 0 Å². The smallest absolute Gasteiger partial charge is 0.196 e. The zero-order valence-corrected chi connectivity index (χ0v) is 18.6. The van der Waals surface area contributed by atoms with Gasteiger partial charge in [-0.2, -0.15) is 0 Å². The minimum atomic E-state index is 0.104. The molecule has 0 unspecified atom stereocenters. The molecule has 5 nitrogen and oxygen atoms in total. The van der Waals surface area contributed by atoms with E-state index in [4.69, 9.17) is 0 Å². The highest BCUT2D eigenvalue weighted by molar-refractivity contribution is 9.10. The monoisotopic (exact) mass is 476 g/mol. The lowest BCUT2D eigenvalue weighted by Gasteiger charge is -2.26. The summed E-state index contributed by atoms with van der Waals surface area (Å²) in [5.41, 5.74) is 1.03. The van der Waals surface area contributed by atoms with Gasteiger partial charge in [-0.05, 0) is 65.4 Å².